The van der Waals surface area contributed by atoms with Gasteiger partial charge in [-0.15, -0.1) is 0 Å². The smallest absolute Gasteiger partial charge is 0.312 e. The van der Waals surface area contributed by atoms with Gasteiger partial charge in [-0.1, -0.05) is 0 Å². The average molecular weight is 298 g/mol. The van der Waals surface area contributed by atoms with Crippen molar-refractivity contribution in [2.45, 2.75) is 11.4 Å². The number of phenols is 1. The van der Waals surface area contributed by atoms with Crippen LogP contribution in [-0.2, 0) is 16.6 Å². The number of imidazole rings is 1. The third-order valence-electron chi connectivity index (χ3n) is 2.46. The minimum absolute atomic E-state index is 0.0307. The van der Waals surface area contributed by atoms with Crippen LogP contribution in [0.5, 0.6) is 5.75 Å². The summed E-state index contributed by atoms with van der Waals surface area (Å²) >= 11 is 0. The summed E-state index contributed by atoms with van der Waals surface area (Å²) in [7, 11) is -3.92. The van der Waals surface area contributed by atoms with Crippen molar-refractivity contribution in [3.8, 4) is 5.75 Å². The second-order valence-electron chi connectivity index (χ2n) is 3.81. The van der Waals surface area contributed by atoms with Crippen molar-refractivity contribution in [3.05, 3.63) is 46.5 Å². The summed E-state index contributed by atoms with van der Waals surface area (Å²) < 4.78 is 26.2. The molecule has 0 aliphatic rings. The summed E-state index contributed by atoms with van der Waals surface area (Å²) in [4.78, 5) is 15.9. The number of nitrogens with zero attached hydrogens (tertiary/aromatic N) is 2. The Morgan fingerprint density at radius 2 is 2.20 bits per heavy atom. The van der Waals surface area contributed by atoms with E-state index < -0.39 is 26.4 Å². The minimum atomic E-state index is -3.92. The van der Waals surface area contributed by atoms with Crippen LogP contribution in [0.25, 0.3) is 0 Å². The SMILES string of the molecule is O=[N+]([O-])c1cc(S(=O)(=O)NCc2cnc[nH]2)ccc1O. The molecule has 3 N–H and O–H groups in total. The lowest BCUT2D eigenvalue weighted by Crippen LogP contribution is -2.23. The highest BCUT2D eigenvalue weighted by Gasteiger charge is 2.21. The fraction of sp³-hybridized carbons (Fsp3) is 0.100. The molecule has 0 fully saturated rings. The van der Waals surface area contributed by atoms with Crippen LogP contribution in [0.3, 0.4) is 0 Å². The second-order valence-corrected chi connectivity index (χ2v) is 5.58. The lowest BCUT2D eigenvalue weighted by molar-refractivity contribution is -0.386. The maximum absolute atomic E-state index is 12.0. The van der Waals surface area contributed by atoms with Crippen LogP contribution >= 0.6 is 0 Å². The number of nitro groups is 1. The molecule has 0 spiro atoms. The number of hydrogen-bond donors (Lipinski definition) is 3. The van der Waals surface area contributed by atoms with Crippen LogP contribution < -0.4 is 4.72 Å². The van der Waals surface area contributed by atoms with Gasteiger partial charge in [0.1, 0.15) is 0 Å². The molecule has 2 rings (SSSR count). The van der Waals surface area contributed by atoms with E-state index in [1.54, 1.807) is 0 Å². The van der Waals surface area contributed by atoms with Crippen molar-refractivity contribution >= 4 is 15.7 Å². The summed E-state index contributed by atoms with van der Waals surface area (Å²) in [6.45, 7) is -0.0307. The lowest BCUT2D eigenvalue weighted by atomic mass is 10.3. The fourth-order valence-electron chi connectivity index (χ4n) is 1.45. The van der Waals surface area contributed by atoms with E-state index in [1.165, 1.54) is 12.5 Å². The highest BCUT2D eigenvalue weighted by molar-refractivity contribution is 7.89. The first kappa shape index (κ1) is 14.0. The van der Waals surface area contributed by atoms with Crippen LogP contribution in [-0.4, -0.2) is 28.4 Å². The maximum Gasteiger partial charge on any atom is 0.312 e. The highest BCUT2D eigenvalue weighted by Crippen LogP contribution is 2.28. The average Bonchev–Trinajstić information content (AvgIpc) is 2.89. The van der Waals surface area contributed by atoms with E-state index in [0.29, 0.717) is 5.69 Å². The van der Waals surface area contributed by atoms with E-state index in [2.05, 4.69) is 14.7 Å². The van der Waals surface area contributed by atoms with Crippen LogP contribution in [0.15, 0.2) is 35.6 Å². The van der Waals surface area contributed by atoms with Crippen molar-refractivity contribution in [3.63, 3.8) is 0 Å². The van der Waals surface area contributed by atoms with Gasteiger partial charge in [-0.05, 0) is 12.1 Å². The Bertz CT molecular complexity index is 726. The molecule has 2 aromatic rings. The van der Waals surface area contributed by atoms with E-state index >= 15 is 0 Å². The molecule has 10 heteroatoms. The molecule has 0 saturated heterocycles. The normalized spacial score (nSPS) is 11.4. The molecule has 0 unspecified atom stereocenters. The summed E-state index contributed by atoms with van der Waals surface area (Å²) in [6.07, 6.45) is 2.84. The molecule has 0 atom stereocenters. The molecule has 0 saturated carbocycles. The van der Waals surface area contributed by atoms with Gasteiger partial charge < -0.3 is 10.1 Å². The van der Waals surface area contributed by atoms with Crippen LogP contribution in [0.1, 0.15) is 5.69 Å². The summed E-state index contributed by atoms with van der Waals surface area (Å²) in [5, 5.41) is 19.9. The van der Waals surface area contributed by atoms with E-state index in [1.807, 2.05) is 0 Å². The molecule has 0 amide bonds. The highest BCUT2D eigenvalue weighted by atomic mass is 32.2. The van der Waals surface area contributed by atoms with E-state index in [-0.39, 0.29) is 11.4 Å². The zero-order valence-corrected chi connectivity index (χ0v) is 10.8. The van der Waals surface area contributed by atoms with Gasteiger partial charge in [0.15, 0.2) is 5.75 Å². The molecule has 106 valence electrons. The molecule has 1 heterocycles. The third-order valence-corrected chi connectivity index (χ3v) is 3.86. The van der Waals surface area contributed by atoms with Gasteiger partial charge in [-0.25, -0.2) is 18.1 Å². The molecule has 1 aromatic heterocycles. The van der Waals surface area contributed by atoms with Crippen molar-refractivity contribution < 1.29 is 18.4 Å². The number of aromatic amines is 1. The molecular formula is C10H10N4O5S. The largest absolute Gasteiger partial charge is 0.502 e. The number of rotatable bonds is 5. The minimum Gasteiger partial charge on any atom is -0.502 e. The summed E-state index contributed by atoms with van der Waals surface area (Å²) in [6, 6.07) is 2.84. The Labute approximate surface area is 113 Å². The Morgan fingerprint density at radius 3 is 2.80 bits per heavy atom. The molecule has 0 aliphatic heterocycles. The van der Waals surface area contributed by atoms with Gasteiger partial charge >= 0.3 is 5.69 Å². The number of aromatic nitrogens is 2. The number of nitrogens with one attached hydrogen (secondary N) is 2. The van der Waals surface area contributed by atoms with Crippen LogP contribution in [0.4, 0.5) is 5.69 Å². The first-order chi connectivity index (χ1) is 9.40. The number of benzene rings is 1. The summed E-state index contributed by atoms with van der Waals surface area (Å²) in [5.41, 5.74) is -0.128. The number of aromatic hydroxyl groups is 1. The number of hydrogen-bond acceptors (Lipinski definition) is 6. The zero-order chi connectivity index (χ0) is 14.8. The zero-order valence-electron chi connectivity index (χ0n) is 9.98. The van der Waals surface area contributed by atoms with E-state index in [9.17, 15) is 23.6 Å². The number of nitro benzene ring substituents is 1. The Hall–Kier alpha value is -2.46. The lowest BCUT2D eigenvalue weighted by Gasteiger charge is -2.06. The molecule has 0 aliphatic carbocycles. The molecule has 1 aromatic carbocycles. The molecule has 0 bridgehead atoms. The Morgan fingerprint density at radius 1 is 1.45 bits per heavy atom. The van der Waals surface area contributed by atoms with Gasteiger partial charge in [0.2, 0.25) is 10.0 Å². The van der Waals surface area contributed by atoms with Gasteiger partial charge in [-0.2, -0.15) is 0 Å². The first-order valence-corrected chi connectivity index (χ1v) is 6.83. The van der Waals surface area contributed by atoms with Crippen LogP contribution in [0, 0.1) is 10.1 Å². The number of phenolic OH excluding ortho intramolecular Hbond substituents is 1. The predicted molar refractivity (Wildman–Crippen MR) is 67.4 cm³/mol. The van der Waals surface area contributed by atoms with Crippen molar-refractivity contribution in [1.29, 1.82) is 0 Å². The Kier molecular flexibility index (Phi) is 3.68. The number of sulfonamides is 1. The maximum atomic E-state index is 12.0. The quantitative estimate of drug-likeness (QED) is 0.542. The fourth-order valence-corrected chi connectivity index (χ4v) is 2.48. The Balaban J connectivity index is 2.25. The molecular weight excluding hydrogens is 288 g/mol. The monoisotopic (exact) mass is 298 g/mol. The second kappa shape index (κ2) is 5.27. The number of H-pyrrole nitrogens is 1. The van der Waals surface area contributed by atoms with Gasteiger partial charge in [0.05, 0.1) is 22.7 Å². The van der Waals surface area contributed by atoms with Crippen molar-refractivity contribution in [2.24, 2.45) is 0 Å². The standard InChI is InChI=1S/C10H10N4O5S/c15-10-2-1-8(3-9(10)14(16)17)20(18,19)13-5-7-4-11-6-12-7/h1-4,6,13,15H,5H2,(H,11,12). The van der Waals surface area contributed by atoms with Crippen molar-refractivity contribution in [1.82, 2.24) is 14.7 Å². The topological polar surface area (TPSA) is 138 Å². The van der Waals surface area contributed by atoms with E-state index in [0.717, 1.165) is 18.2 Å². The third kappa shape index (κ3) is 2.92. The molecule has 20 heavy (non-hydrogen) atoms. The van der Waals surface area contributed by atoms with Gasteiger partial charge in [0, 0.05) is 18.0 Å². The summed E-state index contributed by atoms with van der Waals surface area (Å²) in [5.74, 6) is -0.595. The van der Waals surface area contributed by atoms with Gasteiger partial charge in [0.25, 0.3) is 0 Å². The molecule has 9 nitrogen and oxygen atoms in total. The van der Waals surface area contributed by atoms with Gasteiger partial charge in [-0.3, -0.25) is 10.1 Å². The molecule has 0 radical (unpaired) electrons. The predicted octanol–water partition coefficient (Wildman–Crippen LogP) is 0.502. The first-order valence-electron chi connectivity index (χ1n) is 5.34. The van der Waals surface area contributed by atoms with E-state index in [4.69, 9.17) is 0 Å². The van der Waals surface area contributed by atoms with Crippen LogP contribution in [0.2, 0.25) is 0 Å². The van der Waals surface area contributed by atoms with Crippen molar-refractivity contribution in [2.75, 3.05) is 0 Å².